The molecule has 0 saturated carbocycles. The highest BCUT2D eigenvalue weighted by Gasteiger charge is 2.58. The van der Waals surface area contributed by atoms with Crippen molar-refractivity contribution in [2.75, 3.05) is 18.4 Å². The Bertz CT molecular complexity index is 1550. The number of nitrogens with one attached hydrogen (secondary N) is 2. The molecular formula is C30H32N6O6. The fourth-order valence-electron chi connectivity index (χ4n) is 5.61. The van der Waals surface area contributed by atoms with Crippen molar-refractivity contribution in [2.45, 2.75) is 57.0 Å². The third-order valence-corrected chi connectivity index (χ3v) is 7.40. The number of carbonyl (C=O) groups is 2. The monoisotopic (exact) mass is 572 g/mol. The first kappa shape index (κ1) is 27.8. The van der Waals surface area contributed by atoms with Crippen LogP contribution < -0.4 is 10.6 Å². The zero-order valence-corrected chi connectivity index (χ0v) is 23.4. The van der Waals surface area contributed by atoms with Gasteiger partial charge in [-0.25, -0.2) is 19.7 Å². The van der Waals surface area contributed by atoms with E-state index in [0.29, 0.717) is 18.6 Å². The molecule has 42 heavy (non-hydrogen) atoms. The molecule has 2 aromatic heterocycles. The average Bonchev–Trinajstić information content (AvgIpc) is 3.64. The van der Waals surface area contributed by atoms with Gasteiger partial charge in [-0.2, -0.15) is 0 Å². The van der Waals surface area contributed by atoms with Crippen LogP contribution in [0.4, 0.5) is 5.82 Å². The summed E-state index contributed by atoms with van der Waals surface area (Å²) in [5.41, 5.74) is 2.77. The van der Waals surface area contributed by atoms with E-state index < -0.39 is 42.1 Å². The van der Waals surface area contributed by atoms with E-state index in [1.54, 1.807) is 18.4 Å². The minimum Gasteiger partial charge on any atom is -0.475 e. The molecule has 6 rings (SSSR count). The van der Waals surface area contributed by atoms with Crippen LogP contribution in [0.3, 0.4) is 0 Å². The van der Waals surface area contributed by atoms with E-state index in [4.69, 9.17) is 14.2 Å². The maximum Gasteiger partial charge on any atom is 0.374 e. The number of carbonyl (C=O) groups excluding carboxylic acids is 1. The number of likely N-dealkylation sites (N-methyl/N-ethyl adjacent to an activating group) is 1. The van der Waals surface area contributed by atoms with Crippen molar-refractivity contribution in [2.24, 2.45) is 0 Å². The van der Waals surface area contributed by atoms with Gasteiger partial charge in [0.15, 0.2) is 35.1 Å². The number of amides is 1. The Hall–Kier alpha value is -4.39. The number of benzene rings is 2. The van der Waals surface area contributed by atoms with E-state index in [1.165, 1.54) is 6.33 Å². The fraction of sp³-hybridized carbons (Fsp3) is 0.367. The van der Waals surface area contributed by atoms with Crippen molar-refractivity contribution in [3.63, 3.8) is 0 Å². The molecule has 2 aliphatic heterocycles. The first-order valence-corrected chi connectivity index (χ1v) is 13.9. The molecule has 0 spiro atoms. The van der Waals surface area contributed by atoms with E-state index in [1.807, 2.05) is 43.3 Å². The third kappa shape index (κ3) is 5.20. The predicted octanol–water partition coefficient (Wildman–Crippen LogP) is 3.32. The fourth-order valence-corrected chi connectivity index (χ4v) is 5.61. The SMILES string of the molecule is CCNC(=O)[C@H]1O[C@@H](n2cnc3c(NCC(c4ccccc4)c4ccccc4)nc(C(=O)O)nc32)[C@@H]2OC(C)(C)O[C@@H]21. The molecule has 0 radical (unpaired) electrons. The van der Waals surface area contributed by atoms with E-state index in [2.05, 4.69) is 49.9 Å². The number of fused-ring (bicyclic) bond motifs is 2. The molecule has 2 aliphatic rings. The number of nitrogens with zero attached hydrogens (tertiary/aromatic N) is 4. The highest BCUT2D eigenvalue weighted by atomic mass is 16.8. The molecular weight excluding hydrogens is 540 g/mol. The van der Waals surface area contributed by atoms with Crippen LogP contribution in [0.1, 0.15) is 54.7 Å². The zero-order valence-electron chi connectivity index (χ0n) is 23.4. The number of hydrogen-bond acceptors (Lipinski definition) is 9. The van der Waals surface area contributed by atoms with Gasteiger partial charge in [0, 0.05) is 19.0 Å². The maximum atomic E-state index is 12.8. The second kappa shape index (κ2) is 11.1. The third-order valence-electron chi connectivity index (χ3n) is 7.40. The minimum atomic E-state index is -1.29. The highest BCUT2D eigenvalue weighted by Crippen LogP contribution is 2.44. The van der Waals surface area contributed by atoms with Gasteiger partial charge >= 0.3 is 5.97 Å². The standard InChI is InChI=1S/C30H32N6O6/c1-4-31-27(37)22-21-23(42-30(2,3)41-21)28(40-22)36-16-33-20-24(34-25(29(38)39)35-26(20)36)32-15-19(17-11-7-5-8-12-17)18-13-9-6-10-14-18/h5-14,16,19,21-23,28H,4,15H2,1-3H3,(H,31,37)(H,38,39)(H,32,34,35)/t21-,22+,23-,28-/m1/s1. The molecule has 4 atom stereocenters. The summed E-state index contributed by atoms with van der Waals surface area (Å²) in [5.74, 6) is -2.74. The number of ether oxygens (including phenoxy) is 3. The molecule has 3 N–H and O–H groups in total. The number of carboxylic acids is 1. The molecule has 2 fully saturated rings. The molecule has 0 aliphatic carbocycles. The Balaban J connectivity index is 1.37. The van der Waals surface area contributed by atoms with Crippen molar-refractivity contribution >= 4 is 28.9 Å². The molecule has 0 bridgehead atoms. The Kier molecular flexibility index (Phi) is 7.35. The number of anilines is 1. The molecule has 4 aromatic rings. The van der Waals surface area contributed by atoms with Gasteiger partial charge in [-0.1, -0.05) is 60.7 Å². The van der Waals surface area contributed by atoms with Crippen molar-refractivity contribution in [1.82, 2.24) is 24.8 Å². The number of carboxylic acid groups (broad SMARTS) is 1. The number of rotatable bonds is 9. The van der Waals surface area contributed by atoms with Crippen molar-refractivity contribution < 1.29 is 28.9 Å². The van der Waals surface area contributed by atoms with E-state index in [0.717, 1.165) is 11.1 Å². The number of hydrogen-bond donors (Lipinski definition) is 3. The smallest absolute Gasteiger partial charge is 0.374 e. The van der Waals surface area contributed by atoms with Crippen molar-refractivity contribution in [1.29, 1.82) is 0 Å². The molecule has 12 nitrogen and oxygen atoms in total. The van der Waals surface area contributed by atoms with E-state index in [9.17, 15) is 14.7 Å². The Morgan fingerprint density at radius 3 is 2.26 bits per heavy atom. The van der Waals surface area contributed by atoms with Crippen LogP contribution in [-0.4, -0.2) is 73.7 Å². The number of aromatic nitrogens is 4. The predicted molar refractivity (Wildman–Crippen MR) is 152 cm³/mol. The van der Waals surface area contributed by atoms with Gasteiger partial charge in [0.25, 0.3) is 5.91 Å². The lowest BCUT2D eigenvalue weighted by Gasteiger charge is -2.24. The maximum absolute atomic E-state index is 12.8. The second-order valence-electron chi connectivity index (χ2n) is 10.7. The summed E-state index contributed by atoms with van der Waals surface area (Å²) in [6.07, 6.45) is -1.62. The normalized spacial score (nSPS) is 22.8. The molecule has 218 valence electrons. The van der Waals surface area contributed by atoms with Gasteiger partial charge in [0.2, 0.25) is 5.82 Å². The van der Waals surface area contributed by atoms with Crippen LogP contribution in [-0.2, 0) is 19.0 Å². The lowest BCUT2D eigenvalue weighted by Crippen LogP contribution is -2.42. The van der Waals surface area contributed by atoms with Gasteiger partial charge < -0.3 is 30.0 Å². The van der Waals surface area contributed by atoms with Gasteiger partial charge in [-0.05, 0) is 31.9 Å². The van der Waals surface area contributed by atoms with E-state index >= 15 is 0 Å². The van der Waals surface area contributed by atoms with Crippen LogP contribution >= 0.6 is 0 Å². The minimum absolute atomic E-state index is 0.0455. The molecule has 12 heteroatoms. The largest absolute Gasteiger partial charge is 0.475 e. The summed E-state index contributed by atoms with van der Waals surface area (Å²) in [6, 6.07) is 20.1. The summed E-state index contributed by atoms with van der Waals surface area (Å²) in [6.45, 7) is 6.20. The quantitative estimate of drug-likeness (QED) is 0.273. The number of imidazole rings is 1. The van der Waals surface area contributed by atoms with E-state index in [-0.39, 0.29) is 23.3 Å². The molecule has 4 heterocycles. The van der Waals surface area contributed by atoms with Gasteiger partial charge in [-0.15, -0.1) is 0 Å². The topological polar surface area (TPSA) is 150 Å². The summed E-state index contributed by atoms with van der Waals surface area (Å²) < 4.78 is 20.0. The van der Waals surface area contributed by atoms with Crippen molar-refractivity contribution in [3.8, 4) is 0 Å². The number of aromatic carboxylic acids is 1. The average molecular weight is 573 g/mol. The highest BCUT2D eigenvalue weighted by molar-refractivity contribution is 5.90. The lowest BCUT2D eigenvalue weighted by molar-refractivity contribution is -0.197. The van der Waals surface area contributed by atoms with Crippen molar-refractivity contribution in [3.05, 3.63) is 83.9 Å². The Labute approximate surface area is 242 Å². The van der Waals surface area contributed by atoms with Crippen LogP contribution in [0.2, 0.25) is 0 Å². The van der Waals surface area contributed by atoms with Gasteiger partial charge in [0.05, 0.1) is 6.33 Å². The summed E-state index contributed by atoms with van der Waals surface area (Å²) in [4.78, 5) is 38.1. The van der Waals surface area contributed by atoms with Crippen LogP contribution in [0.25, 0.3) is 11.2 Å². The van der Waals surface area contributed by atoms with Gasteiger partial charge in [-0.3, -0.25) is 9.36 Å². The summed E-state index contributed by atoms with van der Waals surface area (Å²) in [7, 11) is 0. The van der Waals surface area contributed by atoms with Crippen LogP contribution in [0, 0.1) is 0 Å². The summed E-state index contributed by atoms with van der Waals surface area (Å²) >= 11 is 0. The molecule has 1 amide bonds. The molecule has 2 saturated heterocycles. The Morgan fingerprint density at radius 1 is 1.00 bits per heavy atom. The first-order chi connectivity index (χ1) is 20.3. The molecule has 0 unspecified atom stereocenters. The first-order valence-electron chi connectivity index (χ1n) is 13.9. The molecule has 2 aromatic carbocycles. The van der Waals surface area contributed by atoms with Gasteiger partial charge in [0.1, 0.15) is 12.2 Å². The van der Waals surface area contributed by atoms with Crippen LogP contribution in [0.5, 0.6) is 0 Å². The Morgan fingerprint density at radius 2 is 1.64 bits per heavy atom. The second-order valence-corrected chi connectivity index (χ2v) is 10.7. The summed E-state index contributed by atoms with van der Waals surface area (Å²) in [5, 5.41) is 16.0. The van der Waals surface area contributed by atoms with Crippen LogP contribution in [0.15, 0.2) is 67.0 Å². The lowest BCUT2D eigenvalue weighted by atomic mass is 9.91. The zero-order chi connectivity index (χ0) is 29.4.